The largest absolute Gasteiger partial charge is 0.490 e. The van der Waals surface area contributed by atoms with Gasteiger partial charge in [-0.1, -0.05) is 16.4 Å². The van der Waals surface area contributed by atoms with Gasteiger partial charge in [-0.3, -0.25) is 0 Å². The van der Waals surface area contributed by atoms with Crippen LogP contribution in [0.3, 0.4) is 0 Å². The molecule has 6 nitrogen and oxygen atoms in total. The molecular weight excluding hydrogens is 258 g/mol. The Morgan fingerprint density at radius 3 is 2.70 bits per heavy atom. The number of ether oxygens (including phenoxy) is 2. The lowest BCUT2D eigenvalue weighted by Crippen LogP contribution is -2.06. The summed E-state index contributed by atoms with van der Waals surface area (Å²) in [6.45, 7) is 5.45. The lowest BCUT2D eigenvalue weighted by atomic mass is 10.2. The predicted molar refractivity (Wildman–Crippen MR) is 73.7 cm³/mol. The Bertz CT molecular complexity index is 554. The van der Waals surface area contributed by atoms with Crippen molar-refractivity contribution >= 4 is 0 Å². The minimum Gasteiger partial charge on any atom is -0.490 e. The summed E-state index contributed by atoms with van der Waals surface area (Å²) < 4.78 is 16.0. The monoisotopic (exact) mass is 277 g/mol. The third kappa shape index (κ3) is 3.48. The van der Waals surface area contributed by atoms with E-state index in [1.165, 1.54) is 0 Å². The van der Waals surface area contributed by atoms with Crippen molar-refractivity contribution in [2.75, 3.05) is 13.7 Å². The third-order valence-corrected chi connectivity index (χ3v) is 2.80. The van der Waals surface area contributed by atoms with E-state index in [4.69, 9.17) is 9.47 Å². The fourth-order valence-electron chi connectivity index (χ4n) is 1.78. The van der Waals surface area contributed by atoms with Crippen molar-refractivity contribution in [2.45, 2.75) is 27.0 Å². The highest BCUT2D eigenvalue weighted by molar-refractivity contribution is 5.43. The van der Waals surface area contributed by atoms with E-state index in [0.29, 0.717) is 24.7 Å². The zero-order chi connectivity index (χ0) is 14.4. The minimum atomic E-state index is 0.306. The SMILES string of the molecule is CCOc1cc(CNC)ccc1OCc1nonc1C. The van der Waals surface area contributed by atoms with Gasteiger partial charge in [0.2, 0.25) is 0 Å². The Hall–Kier alpha value is -2.08. The first-order chi connectivity index (χ1) is 9.74. The van der Waals surface area contributed by atoms with Gasteiger partial charge < -0.3 is 14.8 Å². The van der Waals surface area contributed by atoms with Crippen LogP contribution in [0.1, 0.15) is 23.9 Å². The van der Waals surface area contributed by atoms with E-state index in [2.05, 4.69) is 20.3 Å². The Kier molecular flexibility index (Phi) is 4.95. The third-order valence-electron chi connectivity index (χ3n) is 2.80. The standard InChI is InChI=1S/C14H19N3O3/c1-4-18-14-7-11(8-15-3)5-6-13(14)19-9-12-10(2)16-20-17-12/h5-7,15H,4,8-9H2,1-3H3. The molecule has 0 bridgehead atoms. The molecule has 0 unspecified atom stereocenters. The fourth-order valence-corrected chi connectivity index (χ4v) is 1.78. The Balaban J connectivity index is 2.11. The van der Waals surface area contributed by atoms with Crippen molar-refractivity contribution in [3.05, 3.63) is 35.2 Å². The smallest absolute Gasteiger partial charge is 0.161 e. The Labute approximate surface area is 118 Å². The van der Waals surface area contributed by atoms with Crippen LogP contribution in [-0.4, -0.2) is 24.0 Å². The molecule has 6 heteroatoms. The molecule has 2 aromatic rings. The average molecular weight is 277 g/mol. The number of aromatic nitrogens is 2. The van der Waals surface area contributed by atoms with Gasteiger partial charge in [0, 0.05) is 6.54 Å². The summed E-state index contributed by atoms with van der Waals surface area (Å²) in [6.07, 6.45) is 0. The van der Waals surface area contributed by atoms with Crippen LogP contribution < -0.4 is 14.8 Å². The van der Waals surface area contributed by atoms with Crippen LogP contribution in [-0.2, 0) is 13.2 Å². The molecule has 0 saturated carbocycles. The quantitative estimate of drug-likeness (QED) is 0.835. The first kappa shape index (κ1) is 14.3. The molecule has 0 amide bonds. The molecular formula is C14H19N3O3. The molecule has 1 aromatic carbocycles. The number of rotatable bonds is 7. The molecule has 20 heavy (non-hydrogen) atoms. The van der Waals surface area contributed by atoms with Gasteiger partial charge in [-0.15, -0.1) is 0 Å². The van der Waals surface area contributed by atoms with Gasteiger partial charge in [-0.2, -0.15) is 0 Å². The molecule has 0 spiro atoms. The maximum absolute atomic E-state index is 5.74. The molecule has 0 radical (unpaired) electrons. The van der Waals surface area contributed by atoms with Crippen molar-refractivity contribution in [3.63, 3.8) is 0 Å². The zero-order valence-electron chi connectivity index (χ0n) is 12.0. The van der Waals surface area contributed by atoms with Crippen LogP contribution in [0.2, 0.25) is 0 Å². The first-order valence-electron chi connectivity index (χ1n) is 6.55. The summed E-state index contributed by atoms with van der Waals surface area (Å²) in [4.78, 5) is 0. The number of benzene rings is 1. The summed E-state index contributed by atoms with van der Waals surface area (Å²) in [5.74, 6) is 1.42. The van der Waals surface area contributed by atoms with Gasteiger partial charge >= 0.3 is 0 Å². The van der Waals surface area contributed by atoms with E-state index < -0.39 is 0 Å². The van der Waals surface area contributed by atoms with Crippen LogP contribution in [0.25, 0.3) is 0 Å². The topological polar surface area (TPSA) is 69.4 Å². The van der Waals surface area contributed by atoms with Gasteiger partial charge in [0.1, 0.15) is 18.0 Å². The summed E-state index contributed by atoms with van der Waals surface area (Å²) in [6, 6.07) is 5.88. The molecule has 1 aromatic heterocycles. The highest BCUT2D eigenvalue weighted by Crippen LogP contribution is 2.29. The van der Waals surface area contributed by atoms with E-state index >= 15 is 0 Å². The highest BCUT2D eigenvalue weighted by Gasteiger charge is 2.10. The molecule has 0 fully saturated rings. The van der Waals surface area contributed by atoms with Crippen LogP contribution in [0.5, 0.6) is 11.5 Å². The summed E-state index contributed by atoms with van der Waals surface area (Å²) in [5, 5.41) is 10.6. The van der Waals surface area contributed by atoms with Gasteiger partial charge in [-0.25, -0.2) is 4.63 Å². The number of nitrogens with one attached hydrogen (secondary N) is 1. The Morgan fingerprint density at radius 2 is 2.05 bits per heavy atom. The second kappa shape index (κ2) is 6.91. The van der Waals surface area contributed by atoms with Crippen molar-refractivity contribution < 1.29 is 14.1 Å². The number of nitrogens with zero attached hydrogens (tertiary/aromatic N) is 2. The van der Waals surface area contributed by atoms with E-state index in [-0.39, 0.29) is 0 Å². The molecule has 0 aliphatic carbocycles. The van der Waals surface area contributed by atoms with Crippen LogP contribution in [0, 0.1) is 6.92 Å². The van der Waals surface area contributed by atoms with Crippen molar-refractivity contribution in [3.8, 4) is 11.5 Å². The minimum absolute atomic E-state index is 0.306. The predicted octanol–water partition coefficient (Wildman–Crippen LogP) is 2.08. The molecule has 0 atom stereocenters. The first-order valence-corrected chi connectivity index (χ1v) is 6.55. The van der Waals surface area contributed by atoms with Gasteiger partial charge in [0.15, 0.2) is 11.5 Å². The van der Waals surface area contributed by atoms with Crippen molar-refractivity contribution in [2.24, 2.45) is 0 Å². The lowest BCUT2D eigenvalue weighted by molar-refractivity contribution is 0.252. The normalized spacial score (nSPS) is 10.6. The molecule has 2 rings (SSSR count). The second-order valence-corrected chi connectivity index (χ2v) is 4.33. The average Bonchev–Trinajstić information content (AvgIpc) is 2.84. The van der Waals surface area contributed by atoms with Gasteiger partial charge in [0.25, 0.3) is 0 Å². The summed E-state index contributed by atoms with van der Waals surface area (Å²) in [7, 11) is 1.91. The maximum atomic E-state index is 5.74. The van der Waals surface area contributed by atoms with E-state index in [0.717, 1.165) is 23.6 Å². The van der Waals surface area contributed by atoms with Crippen molar-refractivity contribution in [1.82, 2.24) is 15.6 Å². The summed E-state index contributed by atoms with van der Waals surface area (Å²) in [5.41, 5.74) is 2.56. The second-order valence-electron chi connectivity index (χ2n) is 4.33. The van der Waals surface area contributed by atoms with Gasteiger partial charge in [-0.05, 0) is 38.6 Å². The van der Waals surface area contributed by atoms with Crippen LogP contribution >= 0.6 is 0 Å². The van der Waals surface area contributed by atoms with E-state index in [9.17, 15) is 0 Å². The molecule has 0 aliphatic heterocycles. The lowest BCUT2D eigenvalue weighted by Gasteiger charge is -2.12. The molecule has 0 saturated heterocycles. The number of aryl methyl sites for hydroxylation is 1. The molecule has 0 aliphatic rings. The van der Waals surface area contributed by atoms with E-state index in [1.54, 1.807) is 0 Å². The zero-order valence-corrected chi connectivity index (χ0v) is 12.0. The van der Waals surface area contributed by atoms with Gasteiger partial charge in [0.05, 0.1) is 6.61 Å². The fraction of sp³-hybridized carbons (Fsp3) is 0.429. The van der Waals surface area contributed by atoms with E-state index in [1.807, 2.05) is 39.1 Å². The van der Waals surface area contributed by atoms with Crippen LogP contribution in [0.15, 0.2) is 22.8 Å². The molecule has 1 N–H and O–H groups in total. The van der Waals surface area contributed by atoms with Crippen molar-refractivity contribution in [1.29, 1.82) is 0 Å². The highest BCUT2D eigenvalue weighted by atomic mass is 16.6. The van der Waals surface area contributed by atoms with Crippen LogP contribution in [0.4, 0.5) is 0 Å². The number of hydrogen-bond acceptors (Lipinski definition) is 6. The molecule has 1 heterocycles. The molecule has 108 valence electrons. The summed E-state index contributed by atoms with van der Waals surface area (Å²) >= 11 is 0. The Morgan fingerprint density at radius 1 is 1.20 bits per heavy atom. The maximum Gasteiger partial charge on any atom is 0.161 e. The number of hydrogen-bond donors (Lipinski definition) is 1.